The average Bonchev–Trinajstić information content (AvgIpc) is 2.31. The molecule has 106 valence electrons. The van der Waals surface area contributed by atoms with Gasteiger partial charge in [0.2, 0.25) is 0 Å². The van der Waals surface area contributed by atoms with Gasteiger partial charge in [-0.15, -0.1) is 0 Å². The van der Waals surface area contributed by atoms with E-state index in [1.165, 1.54) is 12.1 Å². The lowest BCUT2D eigenvalue weighted by molar-refractivity contribution is -0.147. The molecule has 0 unspecified atom stereocenters. The minimum absolute atomic E-state index is 0.227. The number of aliphatic carboxylic acids is 1. The quantitative estimate of drug-likeness (QED) is 0.825. The Kier molecular flexibility index (Phi) is 5.48. The van der Waals surface area contributed by atoms with Crippen LogP contribution in [0.2, 0.25) is 0 Å². The van der Waals surface area contributed by atoms with Crippen LogP contribution in [0.4, 0.5) is 4.39 Å². The van der Waals surface area contributed by atoms with Crippen molar-refractivity contribution in [1.29, 1.82) is 0 Å². The highest BCUT2D eigenvalue weighted by Gasteiger charge is 2.26. The van der Waals surface area contributed by atoms with E-state index in [0.29, 0.717) is 6.42 Å². The van der Waals surface area contributed by atoms with Crippen LogP contribution in [0, 0.1) is 11.2 Å². The van der Waals surface area contributed by atoms with Crippen LogP contribution in [0.3, 0.4) is 0 Å². The van der Waals surface area contributed by atoms with Crippen LogP contribution in [-0.2, 0) is 11.3 Å². The van der Waals surface area contributed by atoms with Gasteiger partial charge < -0.3 is 10.0 Å². The van der Waals surface area contributed by atoms with Crippen molar-refractivity contribution in [2.24, 2.45) is 5.41 Å². The summed E-state index contributed by atoms with van der Waals surface area (Å²) in [5, 5.41) is 9.02. The second-order valence-electron chi connectivity index (χ2n) is 5.66. The van der Waals surface area contributed by atoms with Crippen LogP contribution in [-0.4, -0.2) is 29.6 Å². The molecule has 0 fully saturated rings. The minimum Gasteiger partial charge on any atom is -0.481 e. The van der Waals surface area contributed by atoms with Crippen molar-refractivity contribution in [2.75, 3.05) is 13.6 Å². The standard InChI is InChI=1S/C15H22FNO2/c1-15(2,14(18)19)9-4-10-17(3)11-12-5-7-13(16)8-6-12/h5-8H,4,9-11H2,1-3H3,(H,18,19). The van der Waals surface area contributed by atoms with Crippen LogP contribution in [0.5, 0.6) is 0 Å². The summed E-state index contributed by atoms with van der Waals surface area (Å²) in [4.78, 5) is 13.1. The van der Waals surface area contributed by atoms with Crippen molar-refractivity contribution in [1.82, 2.24) is 4.90 Å². The molecule has 4 heteroatoms. The normalized spacial score (nSPS) is 11.8. The van der Waals surface area contributed by atoms with Gasteiger partial charge in [-0.1, -0.05) is 12.1 Å². The zero-order chi connectivity index (χ0) is 14.5. The number of hydrogen-bond donors (Lipinski definition) is 1. The predicted molar refractivity (Wildman–Crippen MR) is 73.4 cm³/mol. The molecule has 0 bridgehead atoms. The number of halogens is 1. The van der Waals surface area contributed by atoms with Gasteiger partial charge in [0.15, 0.2) is 0 Å². The van der Waals surface area contributed by atoms with Gasteiger partial charge in [-0.25, -0.2) is 4.39 Å². The number of carbonyl (C=O) groups is 1. The predicted octanol–water partition coefficient (Wildman–Crippen LogP) is 3.15. The Morgan fingerprint density at radius 2 is 1.89 bits per heavy atom. The second-order valence-corrected chi connectivity index (χ2v) is 5.66. The van der Waals surface area contributed by atoms with Crippen molar-refractivity contribution in [3.8, 4) is 0 Å². The summed E-state index contributed by atoms with van der Waals surface area (Å²) in [7, 11) is 1.98. The zero-order valence-corrected chi connectivity index (χ0v) is 11.8. The van der Waals surface area contributed by atoms with Crippen molar-refractivity contribution in [2.45, 2.75) is 33.2 Å². The summed E-state index contributed by atoms with van der Waals surface area (Å²) in [5.41, 5.74) is 0.387. The van der Waals surface area contributed by atoms with Crippen LogP contribution in [0.1, 0.15) is 32.3 Å². The molecule has 0 saturated heterocycles. The molecular formula is C15H22FNO2. The molecule has 0 radical (unpaired) electrons. The first-order valence-corrected chi connectivity index (χ1v) is 6.47. The Balaban J connectivity index is 2.34. The van der Waals surface area contributed by atoms with Crippen molar-refractivity contribution in [3.05, 3.63) is 35.6 Å². The monoisotopic (exact) mass is 267 g/mol. The van der Waals surface area contributed by atoms with Gasteiger partial charge >= 0.3 is 5.97 Å². The van der Waals surface area contributed by atoms with E-state index >= 15 is 0 Å². The van der Waals surface area contributed by atoms with Crippen LogP contribution in [0.25, 0.3) is 0 Å². The highest BCUT2D eigenvalue weighted by atomic mass is 19.1. The third-order valence-corrected chi connectivity index (χ3v) is 3.29. The molecule has 1 rings (SSSR count). The largest absolute Gasteiger partial charge is 0.481 e. The van der Waals surface area contributed by atoms with E-state index in [9.17, 15) is 9.18 Å². The molecule has 0 heterocycles. The summed E-state index contributed by atoms with van der Waals surface area (Å²) in [5.74, 6) is -0.983. The van der Waals surface area contributed by atoms with Gasteiger partial charge in [0, 0.05) is 6.54 Å². The lowest BCUT2D eigenvalue weighted by atomic mass is 9.88. The van der Waals surface area contributed by atoms with Gasteiger partial charge in [0.05, 0.1) is 5.41 Å². The number of hydrogen-bond acceptors (Lipinski definition) is 2. The topological polar surface area (TPSA) is 40.5 Å². The first-order valence-electron chi connectivity index (χ1n) is 6.47. The van der Waals surface area contributed by atoms with Crippen molar-refractivity contribution < 1.29 is 14.3 Å². The average molecular weight is 267 g/mol. The fraction of sp³-hybridized carbons (Fsp3) is 0.533. The number of nitrogens with zero attached hydrogens (tertiary/aromatic N) is 1. The molecule has 0 saturated carbocycles. The maximum Gasteiger partial charge on any atom is 0.309 e. The Labute approximate surface area is 114 Å². The lowest BCUT2D eigenvalue weighted by Crippen LogP contribution is -2.26. The summed E-state index contributed by atoms with van der Waals surface area (Å²) >= 11 is 0. The van der Waals surface area contributed by atoms with Gasteiger partial charge in [-0.05, 0) is 58.0 Å². The molecule has 0 aromatic heterocycles. The molecule has 0 amide bonds. The third kappa shape index (κ3) is 5.39. The Morgan fingerprint density at radius 3 is 2.42 bits per heavy atom. The summed E-state index contributed by atoms with van der Waals surface area (Å²) in [6, 6.07) is 6.45. The Bertz CT molecular complexity index is 415. The van der Waals surface area contributed by atoms with E-state index in [0.717, 1.165) is 25.1 Å². The van der Waals surface area contributed by atoms with E-state index in [-0.39, 0.29) is 5.82 Å². The number of carboxylic acid groups (broad SMARTS) is 1. The van der Waals surface area contributed by atoms with Crippen molar-refractivity contribution >= 4 is 5.97 Å². The van der Waals surface area contributed by atoms with Gasteiger partial charge in [0.25, 0.3) is 0 Å². The molecule has 19 heavy (non-hydrogen) atoms. The summed E-state index contributed by atoms with van der Waals surface area (Å²) in [6.45, 7) is 5.06. The van der Waals surface area contributed by atoms with Gasteiger partial charge in [0.1, 0.15) is 5.82 Å². The van der Waals surface area contributed by atoms with E-state index in [4.69, 9.17) is 5.11 Å². The third-order valence-electron chi connectivity index (χ3n) is 3.29. The molecule has 3 nitrogen and oxygen atoms in total. The maximum absolute atomic E-state index is 12.8. The molecule has 1 N–H and O–H groups in total. The van der Waals surface area contributed by atoms with Crippen molar-refractivity contribution in [3.63, 3.8) is 0 Å². The fourth-order valence-electron chi connectivity index (χ4n) is 1.88. The summed E-state index contributed by atoms with van der Waals surface area (Å²) in [6.07, 6.45) is 1.48. The highest BCUT2D eigenvalue weighted by molar-refractivity contribution is 5.73. The lowest BCUT2D eigenvalue weighted by Gasteiger charge is -2.21. The highest BCUT2D eigenvalue weighted by Crippen LogP contribution is 2.22. The SMILES string of the molecule is CN(CCCC(C)(C)C(=O)O)Cc1ccc(F)cc1. The maximum atomic E-state index is 12.8. The zero-order valence-electron chi connectivity index (χ0n) is 11.8. The van der Waals surface area contributed by atoms with E-state index in [1.807, 2.05) is 7.05 Å². The number of carboxylic acids is 1. The number of benzene rings is 1. The van der Waals surface area contributed by atoms with Crippen LogP contribution >= 0.6 is 0 Å². The molecule has 1 aromatic rings. The van der Waals surface area contributed by atoms with Crippen LogP contribution < -0.4 is 0 Å². The minimum atomic E-state index is -0.756. The first kappa shape index (κ1) is 15.6. The van der Waals surface area contributed by atoms with E-state index in [1.54, 1.807) is 26.0 Å². The molecular weight excluding hydrogens is 245 g/mol. The molecule has 0 aliphatic carbocycles. The Morgan fingerprint density at radius 1 is 1.32 bits per heavy atom. The van der Waals surface area contributed by atoms with Gasteiger partial charge in [-0.3, -0.25) is 4.79 Å². The first-order chi connectivity index (χ1) is 8.81. The molecule has 0 aliphatic rings. The van der Waals surface area contributed by atoms with E-state index < -0.39 is 11.4 Å². The molecule has 0 atom stereocenters. The smallest absolute Gasteiger partial charge is 0.309 e. The molecule has 0 spiro atoms. The molecule has 1 aromatic carbocycles. The second kappa shape index (κ2) is 6.66. The van der Waals surface area contributed by atoms with Crippen LogP contribution in [0.15, 0.2) is 24.3 Å². The fourth-order valence-corrected chi connectivity index (χ4v) is 1.88. The van der Waals surface area contributed by atoms with E-state index in [2.05, 4.69) is 4.90 Å². The Hall–Kier alpha value is -1.42. The number of rotatable bonds is 7. The van der Waals surface area contributed by atoms with Gasteiger partial charge in [-0.2, -0.15) is 0 Å². The summed E-state index contributed by atoms with van der Waals surface area (Å²) < 4.78 is 12.8. The molecule has 0 aliphatic heterocycles.